The third kappa shape index (κ3) is 9.51. The van der Waals surface area contributed by atoms with Crippen LogP contribution in [-0.4, -0.2) is 57.1 Å². The minimum atomic E-state index is -9.79. The maximum absolute atomic E-state index is 12.9. The average Bonchev–Trinajstić information content (AvgIpc) is 2.87. The molecular formula is C28H37F5N2O4S. The Balaban J connectivity index is 2.16. The van der Waals surface area contributed by atoms with E-state index in [0.29, 0.717) is 60.9 Å². The van der Waals surface area contributed by atoms with Gasteiger partial charge in [-0.1, -0.05) is 45.4 Å². The van der Waals surface area contributed by atoms with Crippen LogP contribution in [0, 0.1) is 5.92 Å². The summed E-state index contributed by atoms with van der Waals surface area (Å²) >= 11 is 0. The number of rotatable bonds is 15. The number of ketones is 1. The Morgan fingerprint density at radius 1 is 1.07 bits per heavy atom. The number of methoxy groups -OCH3 is 1. The van der Waals surface area contributed by atoms with Crippen molar-refractivity contribution in [3.63, 3.8) is 0 Å². The Hall–Kier alpha value is -3.12. The molecule has 1 unspecified atom stereocenters. The van der Waals surface area contributed by atoms with E-state index in [0.717, 1.165) is 12.1 Å². The number of halogens is 5. The second-order valence-corrected chi connectivity index (χ2v) is 11.9. The molecule has 0 heterocycles. The lowest BCUT2D eigenvalue weighted by molar-refractivity contribution is 0.0931. The van der Waals surface area contributed by atoms with Gasteiger partial charge in [-0.2, -0.15) is 0 Å². The Bertz CT molecular complexity index is 1300. The molecule has 0 aliphatic carbocycles. The number of carbonyl (C=O) groups excluding carboxylic acids is 2. The van der Waals surface area contributed by atoms with Gasteiger partial charge in [-0.3, -0.25) is 9.59 Å². The number of hydrogen-bond donors (Lipinski definition) is 1. The molecule has 1 atom stereocenters. The van der Waals surface area contributed by atoms with Crippen molar-refractivity contribution in [2.45, 2.75) is 38.0 Å². The van der Waals surface area contributed by atoms with Crippen molar-refractivity contribution in [3.05, 3.63) is 58.0 Å². The van der Waals surface area contributed by atoms with Crippen LogP contribution < -0.4 is 20.5 Å². The molecule has 2 aromatic carbocycles. The number of hydrogen-bond acceptors (Lipinski definition) is 5. The van der Waals surface area contributed by atoms with E-state index in [2.05, 4.69) is 11.9 Å². The molecule has 6 nitrogen and oxygen atoms in total. The van der Waals surface area contributed by atoms with Crippen LogP contribution in [0.25, 0.3) is 12.8 Å². The molecule has 1 N–H and O–H groups in total. The monoisotopic (exact) mass is 592 g/mol. The van der Waals surface area contributed by atoms with Gasteiger partial charge < -0.3 is 19.7 Å². The third-order valence-corrected chi connectivity index (χ3v) is 7.45. The maximum atomic E-state index is 12.9. The molecule has 0 aliphatic heterocycles. The fourth-order valence-electron chi connectivity index (χ4n) is 4.10. The molecule has 40 heavy (non-hydrogen) atoms. The van der Waals surface area contributed by atoms with Crippen LogP contribution in [0.3, 0.4) is 0 Å². The molecule has 12 heteroatoms. The maximum Gasteiger partial charge on any atom is 0.310 e. The Morgan fingerprint density at radius 3 is 2.27 bits per heavy atom. The molecule has 0 saturated heterocycles. The molecule has 0 aromatic heterocycles. The lowest BCUT2D eigenvalue weighted by Crippen LogP contribution is -2.34. The summed E-state index contributed by atoms with van der Waals surface area (Å²) in [6.07, 6.45) is 3.02. The van der Waals surface area contributed by atoms with Crippen LogP contribution >= 0.6 is 10.2 Å². The van der Waals surface area contributed by atoms with Gasteiger partial charge in [0.05, 0.1) is 18.8 Å². The number of carbonyl (C=O) groups is 2. The highest BCUT2D eigenvalue weighted by molar-refractivity contribution is 8.45. The van der Waals surface area contributed by atoms with Gasteiger partial charge in [0.1, 0.15) is 10.6 Å². The van der Waals surface area contributed by atoms with E-state index < -0.39 is 20.9 Å². The fourth-order valence-corrected chi connectivity index (χ4v) is 4.76. The highest BCUT2D eigenvalue weighted by Gasteiger charge is 2.65. The van der Waals surface area contributed by atoms with E-state index in [1.165, 1.54) is 7.11 Å². The van der Waals surface area contributed by atoms with Crippen molar-refractivity contribution in [1.82, 2.24) is 10.2 Å². The molecule has 1 amide bonds. The molecule has 2 aromatic rings. The number of Topliss-reactive ketones (excluding diaryl/α,β-unsaturated/α-hetero) is 1. The van der Waals surface area contributed by atoms with Crippen LogP contribution in [0.4, 0.5) is 19.4 Å². The second kappa shape index (κ2) is 12.6. The summed E-state index contributed by atoms with van der Waals surface area (Å²) < 4.78 is 75.5. The largest absolute Gasteiger partial charge is 0.492 e. The van der Waals surface area contributed by atoms with E-state index >= 15 is 0 Å². The topological polar surface area (TPSA) is 67.9 Å². The molecule has 0 radical (unpaired) electrons. The zero-order valence-corrected chi connectivity index (χ0v) is 24.0. The minimum absolute atomic E-state index is 0.0403. The minimum Gasteiger partial charge on any atom is -0.492 e. The summed E-state index contributed by atoms with van der Waals surface area (Å²) in [5, 5.41) is 4.07. The smallest absolute Gasteiger partial charge is 0.310 e. The summed E-state index contributed by atoms with van der Waals surface area (Å²) in [7, 11) is -6.41. The van der Waals surface area contributed by atoms with Gasteiger partial charge in [0.2, 0.25) is 0 Å². The fraction of sp³-hybridized carbons (Fsp3) is 0.429. The number of amides is 1. The first-order chi connectivity index (χ1) is 18.5. The first-order valence-electron chi connectivity index (χ1n) is 12.8. The lowest BCUT2D eigenvalue weighted by Gasteiger charge is -2.40. The Labute approximate surface area is 231 Å². The van der Waals surface area contributed by atoms with Crippen molar-refractivity contribution in [3.8, 4) is 5.75 Å². The van der Waals surface area contributed by atoms with E-state index in [-0.39, 0.29) is 35.9 Å². The summed E-state index contributed by atoms with van der Waals surface area (Å²) in [5.74, 6) is -0.297. The molecule has 0 aliphatic rings. The summed E-state index contributed by atoms with van der Waals surface area (Å²) in [6, 6.07) is 5.47. The van der Waals surface area contributed by atoms with Crippen molar-refractivity contribution in [2.75, 3.05) is 40.5 Å². The van der Waals surface area contributed by atoms with E-state index in [9.17, 15) is 29.0 Å². The predicted octanol–water partition coefficient (Wildman–Crippen LogP) is 5.89. The standard InChI is InChI=1S/C28H37F5N2O4S/c1-6-21(9-15-26(36)22-10-12-23(13-11-22)40(29,30,31,32)33)18-35(4)19-25-20(3)8-14-24(27(25)39-7-2)28(37)34-16-17-38-5/h8,10-14,19,21H,3,6-7,9,15-18H2,1-2,4-5H3,(H,34,37)/b25-19+. The second-order valence-electron chi connectivity index (χ2n) is 9.49. The average molecular weight is 593 g/mol. The van der Waals surface area contributed by atoms with Gasteiger partial charge >= 0.3 is 10.2 Å². The van der Waals surface area contributed by atoms with Gasteiger partial charge in [-0.15, -0.1) is 0 Å². The molecule has 0 spiro atoms. The van der Waals surface area contributed by atoms with Gasteiger partial charge in [-0.05, 0) is 54.8 Å². The van der Waals surface area contributed by atoms with E-state index in [1.54, 1.807) is 12.1 Å². The van der Waals surface area contributed by atoms with Gasteiger partial charge in [0.15, 0.2) is 5.78 Å². The zero-order chi connectivity index (χ0) is 30.2. The molecule has 224 valence electrons. The van der Waals surface area contributed by atoms with Crippen LogP contribution in [0.1, 0.15) is 53.8 Å². The molecule has 2 rings (SSSR count). The quantitative estimate of drug-likeness (QED) is 0.159. The van der Waals surface area contributed by atoms with Crippen LogP contribution in [0.5, 0.6) is 5.75 Å². The summed E-state index contributed by atoms with van der Waals surface area (Å²) in [5.41, 5.74) is 0.308. The third-order valence-electron chi connectivity index (χ3n) is 6.29. The van der Waals surface area contributed by atoms with Gasteiger partial charge in [-0.25, -0.2) is 0 Å². The molecule has 0 bridgehead atoms. The van der Waals surface area contributed by atoms with Crippen molar-refractivity contribution < 1.29 is 38.5 Å². The van der Waals surface area contributed by atoms with Crippen LogP contribution in [-0.2, 0) is 4.74 Å². The van der Waals surface area contributed by atoms with Gasteiger partial charge in [0.25, 0.3) is 5.91 Å². The van der Waals surface area contributed by atoms with Crippen molar-refractivity contribution >= 4 is 34.7 Å². The molecule has 0 saturated carbocycles. The molecule has 0 fully saturated rings. The van der Waals surface area contributed by atoms with Crippen LogP contribution in [0.2, 0.25) is 0 Å². The van der Waals surface area contributed by atoms with Gasteiger partial charge in [0, 0.05) is 50.6 Å². The highest BCUT2D eigenvalue weighted by atomic mass is 32.5. The number of benzene rings is 2. The predicted molar refractivity (Wildman–Crippen MR) is 149 cm³/mol. The van der Waals surface area contributed by atoms with Crippen molar-refractivity contribution in [2.24, 2.45) is 5.92 Å². The summed E-state index contributed by atoms with van der Waals surface area (Å²) in [4.78, 5) is 25.2. The molecular weight excluding hydrogens is 555 g/mol. The number of ether oxygens (including phenoxy) is 2. The summed E-state index contributed by atoms with van der Waals surface area (Å²) in [6.45, 7) is 9.39. The van der Waals surface area contributed by atoms with Crippen LogP contribution in [0.15, 0.2) is 41.3 Å². The number of nitrogens with one attached hydrogen (secondary N) is 1. The first-order valence-corrected chi connectivity index (χ1v) is 14.8. The lowest BCUT2D eigenvalue weighted by atomic mass is 9.96. The normalized spacial score (nSPS) is 14.7. The Morgan fingerprint density at radius 2 is 1.73 bits per heavy atom. The van der Waals surface area contributed by atoms with E-state index in [1.807, 2.05) is 32.0 Å². The first kappa shape index (κ1) is 33.1. The highest BCUT2D eigenvalue weighted by Crippen LogP contribution is 3.02. The number of nitrogens with zero attached hydrogens (tertiary/aromatic N) is 1. The SMILES string of the molecule is C=c1ccc(C(=O)NCCOC)c(OCC)/c1=C/N(C)CC(CC)CCC(=O)c1ccc(S(F)(F)(F)(F)F)cc1. The van der Waals surface area contributed by atoms with E-state index in [4.69, 9.17) is 9.47 Å². The zero-order valence-electron chi connectivity index (χ0n) is 23.2. The van der Waals surface area contributed by atoms with Crippen molar-refractivity contribution in [1.29, 1.82) is 0 Å². The Kier molecular flexibility index (Phi) is 10.4.